The Bertz CT molecular complexity index is 165. The van der Waals surface area contributed by atoms with Crippen LogP contribution in [0.2, 0.25) is 0 Å². The van der Waals surface area contributed by atoms with Gasteiger partial charge in [-0.05, 0) is 6.92 Å². The Morgan fingerprint density at radius 1 is 1.80 bits per heavy atom. The van der Waals surface area contributed by atoms with Gasteiger partial charge >= 0.3 is 0 Å². The fraction of sp³-hybridized carbons (Fsp3) is 0.286. The van der Waals surface area contributed by atoms with Gasteiger partial charge in [-0.2, -0.15) is 5.12 Å². The average Bonchev–Trinajstić information content (AvgIpc) is 1.87. The molecule has 0 rings (SSSR count). The minimum absolute atomic E-state index is 0.0648. The number of hydrogen-bond donors (Lipinski definition) is 0. The fourth-order valence-corrected chi connectivity index (χ4v) is 0.403. The van der Waals surface area contributed by atoms with Gasteiger partial charge in [0.2, 0.25) is 0 Å². The first-order valence-electron chi connectivity index (χ1n) is 2.83. The van der Waals surface area contributed by atoms with E-state index in [1.807, 2.05) is 0 Å². The Labute approximate surface area is 59.6 Å². The molecule has 56 valence electrons. The van der Waals surface area contributed by atoms with Crippen LogP contribution in [0.5, 0.6) is 0 Å². The predicted molar refractivity (Wildman–Crippen MR) is 37.8 cm³/mol. The van der Waals surface area contributed by atoms with Gasteiger partial charge < -0.3 is 0 Å². The van der Waals surface area contributed by atoms with E-state index >= 15 is 0 Å². The minimum Gasteiger partial charge on any atom is -0.267 e. The van der Waals surface area contributed by atoms with Crippen LogP contribution >= 0.6 is 0 Å². The lowest BCUT2D eigenvalue weighted by atomic mass is 10.3. The lowest BCUT2D eigenvalue weighted by Gasteiger charge is -2.07. The van der Waals surface area contributed by atoms with Crippen LogP contribution in [-0.4, -0.2) is 17.6 Å². The molecule has 3 heteroatoms. The van der Waals surface area contributed by atoms with Gasteiger partial charge in [0, 0.05) is 5.57 Å². The van der Waals surface area contributed by atoms with Crippen LogP contribution < -0.4 is 0 Å². The van der Waals surface area contributed by atoms with Crippen LogP contribution in [-0.2, 0) is 4.79 Å². The summed E-state index contributed by atoms with van der Waals surface area (Å²) in [5.74, 6) is -0.695. The van der Waals surface area contributed by atoms with Gasteiger partial charge in [-0.1, -0.05) is 17.1 Å². The lowest BCUT2D eigenvalue weighted by molar-refractivity contribution is -0.140. The topological polar surface area (TPSA) is 20.3 Å². The molecule has 0 aliphatic rings. The summed E-state index contributed by atoms with van der Waals surface area (Å²) in [7, 11) is 0. The van der Waals surface area contributed by atoms with Crippen molar-refractivity contribution in [1.29, 1.82) is 0 Å². The van der Waals surface area contributed by atoms with Crippen LogP contribution in [0, 0.1) is 0 Å². The van der Waals surface area contributed by atoms with Crippen molar-refractivity contribution in [3.63, 3.8) is 0 Å². The molecular formula is C7H10FNO. The van der Waals surface area contributed by atoms with Gasteiger partial charge in [-0.15, -0.1) is 6.58 Å². The molecule has 10 heavy (non-hydrogen) atoms. The number of nitrogens with zero attached hydrogens (tertiary/aromatic N) is 1. The monoisotopic (exact) mass is 143 g/mol. The van der Waals surface area contributed by atoms with Gasteiger partial charge in [-0.3, -0.25) is 4.79 Å². The van der Waals surface area contributed by atoms with Gasteiger partial charge in [0.1, 0.15) is 0 Å². The van der Waals surface area contributed by atoms with Crippen molar-refractivity contribution in [3.05, 3.63) is 24.8 Å². The highest BCUT2D eigenvalue weighted by Crippen LogP contribution is 1.98. The molecule has 0 bridgehead atoms. The maximum atomic E-state index is 12.4. The van der Waals surface area contributed by atoms with Crippen molar-refractivity contribution in [2.45, 2.75) is 6.92 Å². The second kappa shape index (κ2) is 3.82. The summed E-state index contributed by atoms with van der Waals surface area (Å²) in [6, 6.07) is 0. The van der Waals surface area contributed by atoms with Crippen molar-refractivity contribution in [2.75, 3.05) is 6.54 Å². The molecule has 0 spiro atoms. The van der Waals surface area contributed by atoms with E-state index in [0.717, 1.165) is 0 Å². The van der Waals surface area contributed by atoms with Crippen molar-refractivity contribution < 1.29 is 9.28 Å². The molecule has 0 aliphatic carbocycles. The Morgan fingerprint density at radius 2 is 2.30 bits per heavy atom. The first-order chi connectivity index (χ1) is 4.59. The van der Waals surface area contributed by atoms with Crippen molar-refractivity contribution in [1.82, 2.24) is 5.12 Å². The zero-order valence-electron chi connectivity index (χ0n) is 5.93. The molecule has 0 unspecified atom stereocenters. The summed E-state index contributed by atoms with van der Waals surface area (Å²) in [5, 5.41) is 0.0648. The Kier molecular flexibility index (Phi) is 3.39. The number of hydrogen-bond acceptors (Lipinski definition) is 1. The molecule has 0 radical (unpaired) electrons. The molecule has 0 N–H and O–H groups in total. The smallest absolute Gasteiger partial charge is 0.267 e. The number of halogens is 1. The molecule has 1 amide bonds. The highest BCUT2D eigenvalue weighted by atomic mass is 19.2. The standard InChI is InChI=1S/C7H10FNO/c1-4-5-9(8)7(10)6(2)3/h4H,1-2,5H2,3H3. The second-order valence-electron chi connectivity index (χ2n) is 1.92. The van der Waals surface area contributed by atoms with Crippen LogP contribution in [0.4, 0.5) is 4.48 Å². The van der Waals surface area contributed by atoms with E-state index in [4.69, 9.17) is 0 Å². The zero-order valence-corrected chi connectivity index (χ0v) is 5.93. The molecule has 0 saturated carbocycles. The third-order valence-electron chi connectivity index (χ3n) is 0.875. The van der Waals surface area contributed by atoms with Gasteiger partial charge in [-0.25, -0.2) is 0 Å². The third-order valence-corrected chi connectivity index (χ3v) is 0.875. The number of amides is 1. The summed E-state index contributed by atoms with van der Waals surface area (Å²) in [6.07, 6.45) is 1.31. The first-order valence-corrected chi connectivity index (χ1v) is 2.83. The average molecular weight is 143 g/mol. The van der Waals surface area contributed by atoms with E-state index < -0.39 is 5.91 Å². The summed E-state index contributed by atoms with van der Waals surface area (Å²) in [4.78, 5) is 10.6. The molecule has 0 aromatic carbocycles. The van der Waals surface area contributed by atoms with Crippen molar-refractivity contribution in [3.8, 4) is 0 Å². The van der Waals surface area contributed by atoms with E-state index in [1.165, 1.54) is 13.0 Å². The van der Waals surface area contributed by atoms with Gasteiger partial charge in [0.25, 0.3) is 5.91 Å². The minimum atomic E-state index is -0.695. The normalized spacial score (nSPS) is 8.60. The van der Waals surface area contributed by atoms with Crippen LogP contribution in [0.25, 0.3) is 0 Å². The lowest BCUT2D eigenvalue weighted by Crippen LogP contribution is -2.22. The molecule has 0 atom stereocenters. The number of carbonyl (C=O) groups is 1. The Hall–Kier alpha value is -1.12. The van der Waals surface area contributed by atoms with Gasteiger partial charge in [0.05, 0.1) is 6.54 Å². The van der Waals surface area contributed by atoms with E-state index in [-0.39, 0.29) is 17.2 Å². The molecule has 0 saturated heterocycles. The summed E-state index contributed by atoms with van der Waals surface area (Å²) in [5.41, 5.74) is 0.185. The summed E-state index contributed by atoms with van der Waals surface area (Å²) >= 11 is 0. The molecule has 0 aromatic rings. The first kappa shape index (κ1) is 8.88. The summed E-state index contributed by atoms with van der Waals surface area (Å²) < 4.78 is 12.4. The van der Waals surface area contributed by atoms with Crippen LogP contribution in [0.1, 0.15) is 6.92 Å². The third kappa shape index (κ3) is 2.44. The molecule has 0 heterocycles. The van der Waals surface area contributed by atoms with Crippen LogP contribution in [0.15, 0.2) is 24.8 Å². The maximum absolute atomic E-state index is 12.4. The Morgan fingerprint density at radius 3 is 2.60 bits per heavy atom. The molecular weight excluding hydrogens is 133 g/mol. The largest absolute Gasteiger partial charge is 0.276 e. The molecule has 0 aliphatic heterocycles. The predicted octanol–water partition coefficient (Wildman–Crippen LogP) is 1.46. The highest BCUT2D eigenvalue weighted by Gasteiger charge is 2.10. The van der Waals surface area contributed by atoms with E-state index in [9.17, 15) is 9.28 Å². The van der Waals surface area contributed by atoms with Gasteiger partial charge in [0.15, 0.2) is 0 Å². The van der Waals surface area contributed by atoms with Crippen LogP contribution in [0.3, 0.4) is 0 Å². The van der Waals surface area contributed by atoms with E-state index in [0.29, 0.717) is 0 Å². The maximum Gasteiger partial charge on any atom is 0.276 e. The quantitative estimate of drug-likeness (QED) is 0.333. The van der Waals surface area contributed by atoms with Crippen molar-refractivity contribution in [2.24, 2.45) is 0 Å². The highest BCUT2D eigenvalue weighted by molar-refractivity contribution is 5.91. The molecule has 2 nitrogen and oxygen atoms in total. The van der Waals surface area contributed by atoms with E-state index in [2.05, 4.69) is 13.2 Å². The number of rotatable bonds is 3. The SMILES string of the molecule is C=CCN(F)C(=O)C(=C)C. The van der Waals surface area contributed by atoms with E-state index in [1.54, 1.807) is 0 Å². The zero-order chi connectivity index (χ0) is 8.15. The summed E-state index contributed by atoms with van der Waals surface area (Å²) in [6.45, 7) is 7.94. The number of carbonyl (C=O) groups excluding carboxylic acids is 1. The fourth-order valence-electron chi connectivity index (χ4n) is 0.403. The molecule has 0 fully saturated rings. The molecule has 0 aromatic heterocycles. The second-order valence-corrected chi connectivity index (χ2v) is 1.92. The Balaban J connectivity index is 3.94. The van der Waals surface area contributed by atoms with Crippen molar-refractivity contribution >= 4 is 5.91 Å².